The number of hydrogen-bond donors (Lipinski definition) is 1. The van der Waals surface area contributed by atoms with E-state index in [-0.39, 0.29) is 11.9 Å². The number of halogens is 1. The summed E-state index contributed by atoms with van der Waals surface area (Å²) in [4.78, 5) is 0. The van der Waals surface area contributed by atoms with Crippen molar-refractivity contribution in [2.24, 2.45) is 5.92 Å². The van der Waals surface area contributed by atoms with Gasteiger partial charge < -0.3 is 5.73 Å². The molecule has 5 nitrogen and oxygen atoms in total. The molecule has 0 spiro atoms. The van der Waals surface area contributed by atoms with Crippen LogP contribution in [0, 0.1) is 11.7 Å². The number of nitrogens with zero attached hydrogens (tertiary/aromatic N) is 4. The van der Waals surface area contributed by atoms with E-state index in [1.165, 1.54) is 18.2 Å². The monoisotopic (exact) mass is 277 g/mol. The highest BCUT2D eigenvalue weighted by Crippen LogP contribution is 2.28. The van der Waals surface area contributed by atoms with E-state index in [4.69, 9.17) is 5.73 Å². The third kappa shape index (κ3) is 2.95. The SMILES string of the molecule is CCC(C)CC(C)n1nnnc1-c1cc(F)ccc1N. The van der Waals surface area contributed by atoms with Gasteiger partial charge in [-0.1, -0.05) is 20.3 Å². The molecule has 0 saturated carbocycles. The Balaban J connectivity index is 2.35. The minimum atomic E-state index is -0.349. The zero-order valence-corrected chi connectivity index (χ0v) is 12.0. The number of tetrazole rings is 1. The van der Waals surface area contributed by atoms with Gasteiger partial charge in [0, 0.05) is 11.3 Å². The zero-order valence-electron chi connectivity index (χ0n) is 12.0. The Labute approximate surface area is 118 Å². The fourth-order valence-corrected chi connectivity index (χ4v) is 2.24. The second-order valence-electron chi connectivity index (χ2n) is 5.28. The van der Waals surface area contributed by atoms with Gasteiger partial charge in [0.1, 0.15) is 5.82 Å². The minimum Gasteiger partial charge on any atom is -0.398 e. The van der Waals surface area contributed by atoms with Crippen molar-refractivity contribution in [2.75, 3.05) is 5.73 Å². The van der Waals surface area contributed by atoms with Gasteiger partial charge in [0.15, 0.2) is 5.82 Å². The minimum absolute atomic E-state index is 0.137. The first kappa shape index (κ1) is 14.4. The molecular formula is C14H20FN5. The summed E-state index contributed by atoms with van der Waals surface area (Å²) < 4.78 is 15.1. The smallest absolute Gasteiger partial charge is 0.184 e. The van der Waals surface area contributed by atoms with Gasteiger partial charge in [-0.05, 0) is 47.9 Å². The number of hydrogen-bond acceptors (Lipinski definition) is 4. The molecule has 6 heteroatoms. The van der Waals surface area contributed by atoms with Gasteiger partial charge >= 0.3 is 0 Å². The molecule has 0 bridgehead atoms. The van der Waals surface area contributed by atoms with E-state index in [2.05, 4.69) is 36.3 Å². The second kappa shape index (κ2) is 5.98. The molecule has 0 fully saturated rings. The fourth-order valence-electron chi connectivity index (χ4n) is 2.24. The molecule has 1 heterocycles. The normalized spacial score (nSPS) is 14.2. The molecule has 2 rings (SSSR count). The third-order valence-corrected chi connectivity index (χ3v) is 3.61. The number of anilines is 1. The molecule has 1 aromatic heterocycles. The lowest BCUT2D eigenvalue weighted by Gasteiger charge is -2.17. The Bertz CT molecular complexity index is 581. The van der Waals surface area contributed by atoms with E-state index in [1.54, 1.807) is 4.68 Å². The van der Waals surface area contributed by atoms with Crippen molar-refractivity contribution >= 4 is 5.69 Å². The van der Waals surface area contributed by atoms with Gasteiger partial charge in [0.2, 0.25) is 0 Å². The summed E-state index contributed by atoms with van der Waals surface area (Å²) in [5, 5.41) is 11.7. The van der Waals surface area contributed by atoms with E-state index in [9.17, 15) is 4.39 Å². The largest absolute Gasteiger partial charge is 0.398 e. The summed E-state index contributed by atoms with van der Waals surface area (Å²) in [6, 6.07) is 4.36. The van der Waals surface area contributed by atoms with Crippen LogP contribution < -0.4 is 5.73 Å². The molecular weight excluding hydrogens is 257 g/mol. The van der Waals surface area contributed by atoms with E-state index in [1.807, 2.05) is 0 Å². The number of nitrogen functional groups attached to an aromatic ring is 1. The Morgan fingerprint density at radius 1 is 1.35 bits per heavy atom. The second-order valence-corrected chi connectivity index (χ2v) is 5.28. The maximum Gasteiger partial charge on any atom is 0.184 e. The highest BCUT2D eigenvalue weighted by molar-refractivity contribution is 5.71. The van der Waals surface area contributed by atoms with Crippen LogP contribution in [0.3, 0.4) is 0 Å². The Morgan fingerprint density at radius 3 is 2.80 bits per heavy atom. The van der Waals surface area contributed by atoms with Crippen molar-refractivity contribution in [3.05, 3.63) is 24.0 Å². The molecule has 2 N–H and O–H groups in total. The van der Waals surface area contributed by atoms with Crippen molar-refractivity contribution in [1.82, 2.24) is 20.2 Å². The third-order valence-electron chi connectivity index (χ3n) is 3.61. The summed E-state index contributed by atoms with van der Waals surface area (Å²) in [5.41, 5.74) is 6.91. The number of nitrogens with two attached hydrogens (primary N) is 1. The molecule has 0 amide bonds. The predicted octanol–water partition coefficient (Wildman–Crippen LogP) is 3.06. The van der Waals surface area contributed by atoms with Gasteiger partial charge in [-0.15, -0.1) is 5.10 Å². The lowest BCUT2D eigenvalue weighted by Crippen LogP contribution is -2.13. The molecule has 0 aliphatic rings. The van der Waals surface area contributed by atoms with Crippen LogP contribution in [0.4, 0.5) is 10.1 Å². The van der Waals surface area contributed by atoms with Gasteiger partial charge in [-0.2, -0.15) is 0 Å². The van der Waals surface area contributed by atoms with Gasteiger partial charge in [-0.25, -0.2) is 9.07 Å². The van der Waals surface area contributed by atoms with E-state index < -0.39 is 0 Å². The van der Waals surface area contributed by atoms with Crippen LogP contribution in [0.2, 0.25) is 0 Å². The van der Waals surface area contributed by atoms with Gasteiger partial charge in [-0.3, -0.25) is 0 Å². The Kier molecular flexibility index (Phi) is 4.32. The van der Waals surface area contributed by atoms with Gasteiger partial charge in [0.05, 0.1) is 6.04 Å². The van der Waals surface area contributed by atoms with Crippen LogP contribution in [-0.4, -0.2) is 20.2 Å². The number of rotatable bonds is 5. The molecule has 0 aliphatic heterocycles. The quantitative estimate of drug-likeness (QED) is 0.853. The summed E-state index contributed by atoms with van der Waals surface area (Å²) in [6.45, 7) is 6.40. The molecule has 2 aromatic rings. The highest BCUT2D eigenvalue weighted by atomic mass is 19.1. The van der Waals surface area contributed by atoms with E-state index in [0.717, 1.165) is 12.8 Å². The first-order chi connectivity index (χ1) is 9.52. The van der Waals surface area contributed by atoms with Crippen molar-refractivity contribution in [3.8, 4) is 11.4 Å². The summed E-state index contributed by atoms with van der Waals surface area (Å²) in [6.07, 6.45) is 2.06. The molecule has 0 radical (unpaired) electrons. The van der Waals surface area contributed by atoms with Crippen molar-refractivity contribution in [1.29, 1.82) is 0 Å². The maximum atomic E-state index is 13.4. The van der Waals surface area contributed by atoms with Crippen LogP contribution in [0.1, 0.15) is 39.7 Å². The van der Waals surface area contributed by atoms with Crippen LogP contribution in [0.15, 0.2) is 18.2 Å². The summed E-state index contributed by atoms with van der Waals surface area (Å²) in [7, 11) is 0. The molecule has 0 saturated heterocycles. The van der Waals surface area contributed by atoms with Crippen LogP contribution >= 0.6 is 0 Å². The summed E-state index contributed by atoms with van der Waals surface area (Å²) in [5.74, 6) is 0.739. The molecule has 0 aliphatic carbocycles. The molecule has 2 atom stereocenters. The first-order valence-corrected chi connectivity index (χ1v) is 6.86. The van der Waals surface area contributed by atoms with Crippen LogP contribution in [-0.2, 0) is 0 Å². The first-order valence-electron chi connectivity index (χ1n) is 6.86. The number of aromatic nitrogens is 4. The van der Waals surface area contributed by atoms with E-state index >= 15 is 0 Å². The van der Waals surface area contributed by atoms with Crippen molar-refractivity contribution < 1.29 is 4.39 Å². The highest BCUT2D eigenvalue weighted by Gasteiger charge is 2.18. The predicted molar refractivity (Wildman–Crippen MR) is 76.4 cm³/mol. The molecule has 20 heavy (non-hydrogen) atoms. The van der Waals surface area contributed by atoms with Crippen LogP contribution in [0.25, 0.3) is 11.4 Å². The standard InChI is InChI=1S/C14H20FN5/c1-4-9(2)7-10(3)20-14(17-18-19-20)12-8-11(15)5-6-13(12)16/h5-6,8-10H,4,7,16H2,1-3H3. The molecule has 1 aromatic carbocycles. The lowest BCUT2D eigenvalue weighted by atomic mass is 10.0. The van der Waals surface area contributed by atoms with Crippen LogP contribution in [0.5, 0.6) is 0 Å². The molecule has 2 unspecified atom stereocenters. The average molecular weight is 277 g/mol. The van der Waals surface area contributed by atoms with Crippen molar-refractivity contribution in [2.45, 2.75) is 39.7 Å². The fraction of sp³-hybridized carbons (Fsp3) is 0.500. The number of benzene rings is 1. The summed E-state index contributed by atoms with van der Waals surface area (Å²) >= 11 is 0. The van der Waals surface area contributed by atoms with Crippen molar-refractivity contribution in [3.63, 3.8) is 0 Å². The Hall–Kier alpha value is -1.98. The average Bonchev–Trinajstić information content (AvgIpc) is 2.90. The topological polar surface area (TPSA) is 69.6 Å². The Morgan fingerprint density at radius 2 is 2.10 bits per heavy atom. The zero-order chi connectivity index (χ0) is 14.7. The molecule has 108 valence electrons. The van der Waals surface area contributed by atoms with E-state index in [0.29, 0.717) is 23.0 Å². The maximum absolute atomic E-state index is 13.4. The lowest BCUT2D eigenvalue weighted by molar-refractivity contribution is 0.371. The van der Waals surface area contributed by atoms with Gasteiger partial charge in [0.25, 0.3) is 0 Å².